The highest BCUT2D eigenvalue weighted by molar-refractivity contribution is 7.22. The Labute approximate surface area is 233 Å². The van der Waals surface area contributed by atoms with E-state index in [9.17, 15) is 23.9 Å². The summed E-state index contributed by atoms with van der Waals surface area (Å²) in [7, 11) is 3.02. The first-order valence-corrected chi connectivity index (χ1v) is 12.9. The summed E-state index contributed by atoms with van der Waals surface area (Å²) >= 11 is 1.10. The monoisotopic (exact) mass is 579 g/mol. The van der Waals surface area contributed by atoms with Gasteiger partial charge in [-0.05, 0) is 57.9 Å². The van der Waals surface area contributed by atoms with E-state index in [0.717, 1.165) is 17.6 Å². The molecule has 12 nitrogen and oxygen atoms in total. The maximum absolute atomic E-state index is 13.8. The second-order valence-corrected chi connectivity index (χ2v) is 10.4. The average molecular weight is 580 g/mol. The zero-order valence-corrected chi connectivity index (χ0v) is 24.0. The molecule has 1 aromatic carbocycles. The third-order valence-electron chi connectivity index (χ3n) is 5.65. The number of rotatable bonds is 11. The van der Waals surface area contributed by atoms with Gasteiger partial charge in [0.1, 0.15) is 27.4 Å². The van der Waals surface area contributed by atoms with Gasteiger partial charge in [-0.15, -0.1) is 0 Å². The summed E-state index contributed by atoms with van der Waals surface area (Å²) in [4.78, 5) is 38.3. The van der Waals surface area contributed by atoms with Gasteiger partial charge in [0.05, 0.1) is 30.9 Å². The molecule has 0 bridgehead atoms. The van der Waals surface area contributed by atoms with Crippen molar-refractivity contribution in [3.63, 3.8) is 0 Å². The molecule has 3 aromatic rings. The number of hydrogen-bond donors (Lipinski definition) is 4. The summed E-state index contributed by atoms with van der Waals surface area (Å²) in [5.74, 6) is -1.34. The van der Waals surface area contributed by atoms with Crippen LogP contribution in [0.1, 0.15) is 37.9 Å². The molecule has 0 aliphatic rings. The number of hydrazone groups is 1. The van der Waals surface area contributed by atoms with Crippen LogP contribution in [0.5, 0.6) is 5.75 Å². The van der Waals surface area contributed by atoms with Crippen LogP contribution in [0, 0.1) is 18.2 Å². The van der Waals surface area contributed by atoms with Gasteiger partial charge in [0.15, 0.2) is 0 Å². The van der Waals surface area contributed by atoms with Gasteiger partial charge >= 0.3 is 11.7 Å². The first-order chi connectivity index (χ1) is 18.8. The van der Waals surface area contributed by atoms with Crippen LogP contribution in [-0.2, 0) is 22.5 Å². The van der Waals surface area contributed by atoms with E-state index in [2.05, 4.69) is 15.3 Å². The number of thiophene rings is 1. The van der Waals surface area contributed by atoms with Gasteiger partial charge in [-0.2, -0.15) is 5.10 Å². The Balaban J connectivity index is 0.000000708. The summed E-state index contributed by atoms with van der Waals surface area (Å²) < 4.78 is 25.7. The number of carboxylic acid groups (broad SMARTS) is 1. The zero-order chi connectivity index (χ0) is 30.2. The number of nitrogens with zero attached hydrogens (tertiary/aromatic N) is 3. The summed E-state index contributed by atoms with van der Waals surface area (Å²) in [5, 5.41) is 29.9. The first-order valence-electron chi connectivity index (χ1n) is 12.1. The lowest BCUT2D eigenvalue weighted by Crippen LogP contribution is -2.43. The highest BCUT2D eigenvalue weighted by Crippen LogP contribution is 2.33. The molecule has 2 heterocycles. The number of ether oxygens (including phenoxy) is 2. The number of aryl methyl sites for hydroxylation is 3. The Kier molecular flexibility index (Phi) is 11.3. The van der Waals surface area contributed by atoms with Crippen LogP contribution in [0.15, 0.2) is 32.9 Å². The topological polar surface area (TPSA) is 168 Å². The standard InChI is InChI=1S/C21H22FN5O5S.C5H12O2/c1-11-16-18(28)27(12(2)20(29)30)21(31)26(19(16)33-17(11)25-24-8-7-23)9-6-13-10-14(22)4-5-15(13)32-3;1-5(2,6)4-7-3/h4-5,7-8,10,12,23,25H,6,9H2,1-3H3,(H,29,30);6H,4H2,1-3H3/b23-7?,24-8-;. The molecule has 0 fully saturated rings. The number of carboxylic acids is 1. The van der Waals surface area contributed by atoms with Gasteiger partial charge < -0.3 is 25.1 Å². The minimum atomic E-state index is -1.39. The molecule has 4 N–H and O–H groups in total. The molecule has 1 unspecified atom stereocenters. The van der Waals surface area contributed by atoms with Crippen LogP contribution in [0.3, 0.4) is 0 Å². The molecular formula is C26H34FN5O7S. The second kappa shape index (κ2) is 14.0. The Hall–Kier alpha value is -3.88. The van der Waals surface area contributed by atoms with Crippen molar-refractivity contribution in [2.45, 2.75) is 52.3 Å². The van der Waals surface area contributed by atoms with E-state index in [4.69, 9.17) is 15.3 Å². The number of benzene rings is 1. The summed E-state index contributed by atoms with van der Waals surface area (Å²) in [6.45, 7) is 6.76. The fraction of sp³-hybridized carbons (Fsp3) is 0.423. The molecule has 0 spiro atoms. The minimum absolute atomic E-state index is 0.0466. The first kappa shape index (κ1) is 32.3. The lowest BCUT2D eigenvalue weighted by molar-refractivity contribution is -0.140. The number of aromatic nitrogens is 2. The molecular weight excluding hydrogens is 545 g/mol. The summed E-state index contributed by atoms with van der Waals surface area (Å²) in [5.41, 5.74) is 1.57. The van der Waals surface area contributed by atoms with E-state index in [0.29, 0.717) is 37.9 Å². The zero-order valence-electron chi connectivity index (χ0n) is 23.1. The molecule has 14 heteroatoms. The lowest BCUT2D eigenvalue weighted by Gasteiger charge is -2.15. The second-order valence-electron chi connectivity index (χ2n) is 9.37. The van der Waals surface area contributed by atoms with Crippen LogP contribution >= 0.6 is 11.3 Å². The number of carbonyl (C=O) groups is 1. The number of anilines is 1. The predicted octanol–water partition coefficient (Wildman–Crippen LogP) is 3.02. The summed E-state index contributed by atoms with van der Waals surface area (Å²) in [6, 6.07) is 2.65. The maximum Gasteiger partial charge on any atom is 0.332 e. The van der Waals surface area contributed by atoms with Crippen LogP contribution in [-0.4, -0.2) is 64.2 Å². The molecule has 0 aliphatic heterocycles. The fourth-order valence-electron chi connectivity index (χ4n) is 3.78. The number of halogens is 1. The maximum atomic E-state index is 13.8. The summed E-state index contributed by atoms with van der Waals surface area (Å²) in [6.07, 6.45) is 2.37. The molecule has 0 amide bonds. The molecule has 0 saturated heterocycles. The molecule has 0 saturated carbocycles. The number of nitrogens with one attached hydrogen (secondary N) is 2. The van der Waals surface area contributed by atoms with E-state index >= 15 is 0 Å². The van der Waals surface area contributed by atoms with E-state index in [1.54, 1.807) is 27.9 Å². The lowest BCUT2D eigenvalue weighted by atomic mass is 10.1. The largest absolute Gasteiger partial charge is 0.496 e. The molecule has 218 valence electrons. The van der Waals surface area contributed by atoms with Gasteiger partial charge in [0, 0.05) is 25.4 Å². The number of aliphatic carboxylic acids is 1. The van der Waals surface area contributed by atoms with E-state index in [1.165, 1.54) is 43.0 Å². The van der Waals surface area contributed by atoms with E-state index in [-0.39, 0.29) is 18.4 Å². The minimum Gasteiger partial charge on any atom is -0.496 e. The van der Waals surface area contributed by atoms with Gasteiger partial charge in [-0.3, -0.25) is 14.8 Å². The van der Waals surface area contributed by atoms with Crippen molar-refractivity contribution in [3.8, 4) is 5.75 Å². The Morgan fingerprint density at radius 3 is 2.52 bits per heavy atom. The number of methoxy groups -OCH3 is 2. The van der Waals surface area contributed by atoms with Crippen molar-refractivity contribution in [2.75, 3.05) is 26.3 Å². The van der Waals surface area contributed by atoms with Gasteiger partial charge in [-0.25, -0.2) is 18.5 Å². The van der Waals surface area contributed by atoms with Crippen LogP contribution < -0.4 is 21.4 Å². The van der Waals surface area contributed by atoms with E-state index in [1.807, 2.05) is 0 Å². The SMILES string of the molecule is COCC(C)(C)O.COc1ccc(F)cc1CCn1c(=O)n(C(C)C(=O)O)c(=O)c2c(C)c(N/N=C\C=N)sc21. The quantitative estimate of drug-likeness (QED) is 0.199. The van der Waals surface area contributed by atoms with Crippen molar-refractivity contribution < 1.29 is 28.9 Å². The number of fused-ring (bicyclic) bond motifs is 1. The molecule has 2 aromatic heterocycles. The highest BCUT2D eigenvalue weighted by atomic mass is 32.1. The number of hydrogen-bond acceptors (Lipinski definition) is 10. The van der Waals surface area contributed by atoms with Crippen LogP contribution in [0.2, 0.25) is 0 Å². The van der Waals surface area contributed by atoms with Gasteiger partial charge in [-0.1, -0.05) is 11.3 Å². The van der Waals surface area contributed by atoms with Crippen molar-refractivity contribution in [1.82, 2.24) is 9.13 Å². The Morgan fingerprint density at radius 2 is 2.00 bits per heavy atom. The molecule has 1 atom stereocenters. The fourth-order valence-corrected chi connectivity index (χ4v) is 4.95. The third-order valence-corrected chi connectivity index (χ3v) is 6.87. The average Bonchev–Trinajstić information content (AvgIpc) is 3.19. The number of aliphatic hydroxyl groups is 1. The van der Waals surface area contributed by atoms with Gasteiger partial charge in [0.25, 0.3) is 5.56 Å². The van der Waals surface area contributed by atoms with Crippen molar-refractivity contribution in [3.05, 3.63) is 56.0 Å². The normalized spacial score (nSPS) is 12.2. The van der Waals surface area contributed by atoms with Crippen LogP contribution in [0.25, 0.3) is 10.2 Å². The van der Waals surface area contributed by atoms with Crippen molar-refractivity contribution in [1.29, 1.82) is 5.41 Å². The molecule has 3 rings (SSSR count). The van der Waals surface area contributed by atoms with Crippen molar-refractivity contribution >= 4 is 45.0 Å². The van der Waals surface area contributed by atoms with Crippen LogP contribution in [0.4, 0.5) is 9.39 Å². The third kappa shape index (κ3) is 7.83. The Bertz CT molecular complexity index is 1500. The molecule has 40 heavy (non-hydrogen) atoms. The smallest absolute Gasteiger partial charge is 0.332 e. The predicted molar refractivity (Wildman–Crippen MR) is 153 cm³/mol. The molecule has 0 aliphatic carbocycles. The van der Waals surface area contributed by atoms with E-state index < -0.39 is 34.7 Å². The Morgan fingerprint density at radius 1 is 1.32 bits per heavy atom. The molecule has 0 radical (unpaired) electrons. The van der Waals surface area contributed by atoms with Crippen molar-refractivity contribution in [2.24, 2.45) is 5.10 Å². The highest BCUT2D eigenvalue weighted by Gasteiger charge is 2.25. The van der Waals surface area contributed by atoms with Gasteiger partial charge in [0.2, 0.25) is 0 Å².